The van der Waals surface area contributed by atoms with Crippen molar-refractivity contribution in [3.63, 3.8) is 0 Å². The Kier molecular flexibility index (Phi) is 3.41. The third kappa shape index (κ3) is 2.44. The first-order chi connectivity index (χ1) is 8.98. The van der Waals surface area contributed by atoms with Crippen LogP contribution in [0.4, 0.5) is 8.78 Å². The van der Waals surface area contributed by atoms with Gasteiger partial charge in [0.15, 0.2) is 0 Å². The van der Waals surface area contributed by atoms with E-state index in [2.05, 4.69) is 32.6 Å². The van der Waals surface area contributed by atoms with Crippen LogP contribution in [0, 0.1) is 3.57 Å². The summed E-state index contributed by atoms with van der Waals surface area (Å²) in [6, 6.07) is 0.0663. The van der Waals surface area contributed by atoms with E-state index in [0.717, 1.165) is 14.6 Å². The normalized spacial score (nSPS) is 20.0. The molecule has 0 aliphatic heterocycles. The number of fused-ring (bicyclic) bond motifs is 1. The van der Waals surface area contributed by atoms with Crippen LogP contribution in [0.3, 0.4) is 0 Å². The van der Waals surface area contributed by atoms with Gasteiger partial charge in [-0.15, -0.1) is 0 Å². The van der Waals surface area contributed by atoms with Gasteiger partial charge >= 0.3 is 0 Å². The van der Waals surface area contributed by atoms with E-state index in [1.165, 1.54) is 6.33 Å². The number of hydrogen-bond donors (Lipinski definition) is 0. The van der Waals surface area contributed by atoms with Crippen LogP contribution < -0.4 is 0 Å². The lowest BCUT2D eigenvalue weighted by Crippen LogP contribution is -2.26. The van der Waals surface area contributed by atoms with Gasteiger partial charge in [0, 0.05) is 28.7 Å². The second-order valence-corrected chi connectivity index (χ2v) is 6.35. The summed E-state index contributed by atoms with van der Waals surface area (Å²) in [5, 5.41) is 1.22. The van der Waals surface area contributed by atoms with Crippen LogP contribution in [0.1, 0.15) is 31.7 Å². The maximum atomic E-state index is 13.2. The zero-order valence-electron chi connectivity index (χ0n) is 9.91. The molecule has 7 heteroatoms. The molecule has 1 aliphatic carbocycles. The Bertz CT molecular complexity index is 619. The summed E-state index contributed by atoms with van der Waals surface area (Å²) in [4.78, 5) is 8.22. The summed E-state index contributed by atoms with van der Waals surface area (Å²) < 4.78 is 29.4. The molecule has 0 aromatic carbocycles. The number of rotatable bonds is 1. The van der Waals surface area contributed by atoms with Gasteiger partial charge in [0.1, 0.15) is 17.1 Å². The first-order valence-electron chi connectivity index (χ1n) is 6.02. The highest BCUT2D eigenvalue weighted by Gasteiger charge is 2.36. The molecule has 0 spiro atoms. The molecule has 19 heavy (non-hydrogen) atoms. The Hall–Kier alpha value is -0.500. The van der Waals surface area contributed by atoms with E-state index in [1.807, 2.05) is 10.8 Å². The fourth-order valence-corrected chi connectivity index (χ4v) is 3.77. The van der Waals surface area contributed by atoms with Gasteiger partial charge in [0.2, 0.25) is 5.92 Å². The predicted octanol–water partition coefficient (Wildman–Crippen LogP) is 4.44. The second kappa shape index (κ2) is 4.80. The molecule has 0 atom stereocenters. The Balaban J connectivity index is 2.00. The van der Waals surface area contributed by atoms with Crippen molar-refractivity contribution in [2.24, 2.45) is 0 Å². The summed E-state index contributed by atoms with van der Waals surface area (Å²) in [5.41, 5.74) is 0.736. The van der Waals surface area contributed by atoms with E-state index in [1.54, 1.807) is 0 Å². The maximum Gasteiger partial charge on any atom is 0.248 e. The molecule has 1 saturated carbocycles. The molecule has 1 aliphatic rings. The first-order valence-corrected chi connectivity index (χ1v) is 7.48. The molecule has 0 N–H and O–H groups in total. The lowest BCUT2D eigenvalue weighted by Gasteiger charge is -2.29. The molecule has 0 bridgehead atoms. The van der Waals surface area contributed by atoms with E-state index in [4.69, 9.17) is 11.6 Å². The smallest absolute Gasteiger partial charge is 0.248 e. The number of alkyl halides is 2. The standard InChI is InChI=1S/C12H11ClF2IN3/c13-10-9-8(16)5-19(11(9)18-6-17-10)7-1-3-12(14,15)4-2-7/h5-7H,1-4H2. The van der Waals surface area contributed by atoms with Crippen LogP contribution in [-0.4, -0.2) is 20.5 Å². The minimum atomic E-state index is -2.51. The molecule has 3 nitrogen and oxygen atoms in total. The third-order valence-electron chi connectivity index (χ3n) is 3.60. The average Bonchev–Trinajstić information content (AvgIpc) is 2.68. The van der Waals surface area contributed by atoms with Crippen LogP contribution >= 0.6 is 34.2 Å². The molecular formula is C12H11ClF2IN3. The minimum Gasteiger partial charge on any atom is -0.328 e. The Morgan fingerprint density at radius 2 is 2.00 bits per heavy atom. The van der Waals surface area contributed by atoms with Gasteiger partial charge in [0.25, 0.3) is 0 Å². The third-order valence-corrected chi connectivity index (χ3v) is 4.70. The molecule has 0 unspecified atom stereocenters. The van der Waals surface area contributed by atoms with Crippen molar-refractivity contribution >= 4 is 45.2 Å². The number of hydrogen-bond acceptors (Lipinski definition) is 2. The minimum absolute atomic E-state index is 0.0628. The largest absolute Gasteiger partial charge is 0.328 e. The van der Waals surface area contributed by atoms with Crippen molar-refractivity contribution in [2.45, 2.75) is 37.6 Å². The van der Waals surface area contributed by atoms with Gasteiger partial charge in [-0.2, -0.15) is 0 Å². The SMILES string of the molecule is FC1(F)CCC(n2cc(I)c3c(Cl)ncnc32)CC1. The average molecular weight is 398 g/mol. The summed E-state index contributed by atoms with van der Waals surface area (Å²) in [7, 11) is 0. The molecule has 102 valence electrons. The molecular weight excluding hydrogens is 387 g/mol. The van der Waals surface area contributed by atoms with E-state index < -0.39 is 5.92 Å². The zero-order valence-corrected chi connectivity index (χ0v) is 12.8. The molecule has 0 saturated heterocycles. The van der Waals surface area contributed by atoms with Crippen LogP contribution in [-0.2, 0) is 0 Å². The van der Waals surface area contributed by atoms with Gasteiger partial charge in [0.05, 0.1) is 5.39 Å². The first kappa shape index (κ1) is 13.5. The fraction of sp³-hybridized carbons (Fsp3) is 0.500. The Morgan fingerprint density at radius 1 is 1.32 bits per heavy atom. The van der Waals surface area contributed by atoms with E-state index >= 15 is 0 Å². The highest BCUT2D eigenvalue weighted by molar-refractivity contribution is 14.1. The van der Waals surface area contributed by atoms with Crippen molar-refractivity contribution in [2.75, 3.05) is 0 Å². The highest BCUT2D eigenvalue weighted by atomic mass is 127. The monoisotopic (exact) mass is 397 g/mol. The quantitative estimate of drug-likeness (QED) is 0.526. The van der Waals surface area contributed by atoms with E-state index in [-0.39, 0.29) is 18.9 Å². The second-order valence-electron chi connectivity index (χ2n) is 4.83. The van der Waals surface area contributed by atoms with Gasteiger partial charge < -0.3 is 4.57 Å². The van der Waals surface area contributed by atoms with Crippen LogP contribution in [0.15, 0.2) is 12.5 Å². The van der Waals surface area contributed by atoms with Crippen molar-refractivity contribution in [3.05, 3.63) is 21.2 Å². The molecule has 0 amide bonds. The van der Waals surface area contributed by atoms with Crippen LogP contribution in [0.5, 0.6) is 0 Å². The van der Waals surface area contributed by atoms with Crippen LogP contribution in [0.25, 0.3) is 11.0 Å². The van der Waals surface area contributed by atoms with Crippen molar-refractivity contribution < 1.29 is 8.78 Å². The van der Waals surface area contributed by atoms with Gasteiger partial charge in [-0.1, -0.05) is 11.6 Å². The maximum absolute atomic E-state index is 13.2. The molecule has 2 aromatic rings. The fourth-order valence-electron chi connectivity index (χ4n) is 2.59. The Morgan fingerprint density at radius 3 is 2.68 bits per heavy atom. The Labute approximate surface area is 127 Å². The summed E-state index contributed by atoms with van der Waals surface area (Å²) in [6.45, 7) is 0. The summed E-state index contributed by atoms with van der Waals surface area (Å²) in [6.07, 6.45) is 4.15. The summed E-state index contributed by atoms with van der Waals surface area (Å²) in [5.74, 6) is -2.51. The molecule has 0 radical (unpaired) electrons. The molecule has 2 aromatic heterocycles. The molecule has 2 heterocycles. The van der Waals surface area contributed by atoms with E-state index in [9.17, 15) is 8.78 Å². The number of aromatic nitrogens is 3. The predicted molar refractivity (Wildman–Crippen MR) is 77.7 cm³/mol. The topological polar surface area (TPSA) is 30.7 Å². The lowest BCUT2D eigenvalue weighted by molar-refractivity contribution is -0.0436. The molecule has 1 fully saturated rings. The van der Waals surface area contributed by atoms with E-state index in [0.29, 0.717) is 18.0 Å². The summed E-state index contributed by atoms with van der Waals surface area (Å²) >= 11 is 8.24. The number of nitrogens with zero attached hydrogens (tertiary/aromatic N) is 3. The highest BCUT2D eigenvalue weighted by Crippen LogP contribution is 2.40. The number of halogens is 4. The zero-order chi connectivity index (χ0) is 13.6. The molecule has 3 rings (SSSR count). The van der Waals surface area contributed by atoms with Crippen molar-refractivity contribution in [1.82, 2.24) is 14.5 Å². The van der Waals surface area contributed by atoms with Gasteiger partial charge in [-0.05, 0) is 35.4 Å². The van der Waals surface area contributed by atoms with Crippen molar-refractivity contribution in [1.29, 1.82) is 0 Å². The lowest BCUT2D eigenvalue weighted by atomic mass is 9.92. The van der Waals surface area contributed by atoms with Gasteiger partial charge in [-0.3, -0.25) is 0 Å². The van der Waals surface area contributed by atoms with Crippen molar-refractivity contribution in [3.8, 4) is 0 Å². The van der Waals surface area contributed by atoms with Gasteiger partial charge in [-0.25, -0.2) is 18.7 Å². The van der Waals surface area contributed by atoms with Crippen LogP contribution in [0.2, 0.25) is 5.15 Å².